The highest BCUT2D eigenvalue weighted by Gasteiger charge is 2.19. The molecule has 2 rings (SSSR count). The molecule has 0 saturated carbocycles. The summed E-state index contributed by atoms with van der Waals surface area (Å²) >= 11 is 0. The van der Waals surface area contributed by atoms with Crippen molar-refractivity contribution in [3.05, 3.63) is 23.8 Å². The predicted molar refractivity (Wildman–Crippen MR) is 79.6 cm³/mol. The molecule has 1 atom stereocenters. The van der Waals surface area contributed by atoms with Gasteiger partial charge in [0.1, 0.15) is 5.75 Å². The maximum atomic E-state index is 12.2. The van der Waals surface area contributed by atoms with E-state index in [4.69, 9.17) is 15.2 Å². The lowest BCUT2D eigenvalue weighted by Crippen LogP contribution is -2.26. The largest absolute Gasteiger partial charge is 0.496 e. The molecule has 1 heterocycles. The van der Waals surface area contributed by atoms with E-state index in [2.05, 4.69) is 4.72 Å². The summed E-state index contributed by atoms with van der Waals surface area (Å²) in [5.41, 5.74) is 6.28. The molecular weight excluding hydrogens is 292 g/mol. The molecule has 21 heavy (non-hydrogen) atoms. The average Bonchev–Trinajstić information content (AvgIpc) is 2.99. The lowest BCUT2D eigenvalue weighted by Gasteiger charge is -2.12. The predicted octanol–water partition coefficient (Wildman–Crippen LogP) is 0.859. The minimum Gasteiger partial charge on any atom is -0.496 e. The third-order valence-electron chi connectivity index (χ3n) is 3.65. The van der Waals surface area contributed by atoms with Crippen molar-refractivity contribution in [3.63, 3.8) is 0 Å². The average molecular weight is 314 g/mol. The summed E-state index contributed by atoms with van der Waals surface area (Å²) in [7, 11) is -1.98. The Labute approximate surface area is 125 Å². The molecule has 1 aromatic carbocycles. The number of ether oxygens (including phenoxy) is 2. The molecule has 118 valence electrons. The molecule has 1 unspecified atom stereocenters. The normalized spacial score (nSPS) is 18.9. The number of nitrogens with one attached hydrogen (secondary N) is 1. The Kier molecular flexibility index (Phi) is 5.58. The van der Waals surface area contributed by atoms with Crippen molar-refractivity contribution in [1.82, 2.24) is 4.72 Å². The zero-order valence-electron chi connectivity index (χ0n) is 12.2. The summed E-state index contributed by atoms with van der Waals surface area (Å²) in [4.78, 5) is 0.214. The minimum atomic E-state index is -3.51. The van der Waals surface area contributed by atoms with Crippen LogP contribution in [-0.4, -0.2) is 35.3 Å². The van der Waals surface area contributed by atoms with Crippen LogP contribution in [0.1, 0.15) is 18.4 Å². The summed E-state index contributed by atoms with van der Waals surface area (Å²) < 4.78 is 37.5. The van der Waals surface area contributed by atoms with E-state index in [0.29, 0.717) is 23.8 Å². The topological polar surface area (TPSA) is 90.7 Å². The SMILES string of the molecule is COc1ccc(S(=O)(=O)NCCC2CCOC2)cc1CN. The van der Waals surface area contributed by atoms with Gasteiger partial charge in [-0.3, -0.25) is 0 Å². The van der Waals surface area contributed by atoms with Crippen molar-refractivity contribution in [2.45, 2.75) is 24.3 Å². The maximum absolute atomic E-state index is 12.2. The number of hydrogen-bond donors (Lipinski definition) is 2. The van der Waals surface area contributed by atoms with Crippen LogP contribution in [-0.2, 0) is 21.3 Å². The molecular formula is C14H22N2O4S. The van der Waals surface area contributed by atoms with E-state index < -0.39 is 10.0 Å². The zero-order chi connectivity index (χ0) is 15.3. The van der Waals surface area contributed by atoms with Gasteiger partial charge in [0.25, 0.3) is 0 Å². The summed E-state index contributed by atoms with van der Waals surface area (Å²) in [5.74, 6) is 1.04. The Hall–Kier alpha value is -1.15. The lowest BCUT2D eigenvalue weighted by molar-refractivity contribution is 0.184. The van der Waals surface area contributed by atoms with Gasteiger partial charge in [0.05, 0.1) is 12.0 Å². The second-order valence-corrected chi connectivity index (χ2v) is 6.86. The third-order valence-corrected chi connectivity index (χ3v) is 5.11. The van der Waals surface area contributed by atoms with Crippen LogP contribution in [0, 0.1) is 5.92 Å². The highest BCUT2D eigenvalue weighted by molar-refractivity contribution is 7.89. The van der Waals surface area contributed by atoms with Crippen LogP contribution in [0.2, 0.25) is 0 Å². The Morgan fingerprint density at radius 2 is 2.29 bits per heavy atom. The van der Waals surface area contributed by atoms with Crippen molar-refractivity contribution < 1.29 is 17.9 Å². The van der Waals surface area contributed by atoms with Crippen molar-refractivity contribution in [2.24, 2.45) is 11.7 Å². The fraction of sp³-hybridized carbons (Fsp3) is 0.571. The van der Waals surface area contributed by atoms with Crippen molar-refractivity contribution in [3.8, 4) is 5.75 Å². The summed E-state index contributed by atoms with van der Waals surface area (Å²) in [6, 6.07) is 4.71. The quantitative estimate of drug-likeness (QED) is 0.779. The van der Waals surface area contributed by atoms with E-state index in [-0.39, 0.29) is 11.4 Å². The molecule has 1 fully saturated rings. The highest BCUT2D eigenvalue weighted by atomic mass is 32.2. The molecule has 1 aliphatic heterocycles. The molecule has 0 amide bonds. The summed E-state index contributed by atoms with van der Waals surface area (Å²) in [6.07, 6.45) is 1.79. The third kappa shape index (κ3) is 4.16. The second kappa shape index (κ2) is 7.22. The van der Waals surface area contributed by atoms with Crippen LogP contribution in [0.4, 0.5) is 0 Å². The molecule has 1 aliphatic rings. The van der Waals surface area contributed by atoms with Crippen molar-refractivity contribution in [2.75, 3.05) is 26.9 Å². The highest BCUT2D eigenvalue weighted by Crippen LogP contribution is 2.22. The zero-order valence-corrected chi connectivity index (χ0v) is 13.0. The fourth-order valence-corrected chi connectivity index (χ4v) is 3.47. The maximum Gasteiger partial charge on any atom is 0.240 e. The van der Waals surface area contributed by atoms with Crippen LogP contribution < -0.4 is 15.2 Å². The monoisotopic (exact) mass is 314 g/mol. The Balaban J connectivity index is 2.01. The summed E-state index contributed by atoms with van der Waals surface area (Å²) in [5, 5.41) is 0. The first-order valence-corrected chi connectivity index (χ1v) is 8.49. The van der Waals surface area contributed by atoms with Gasteiger partial charge in [-0.1, -0.05) is 0 Å². The first-order chi connectivity index (χ1) is 10.1. The van der Waals surface area contributed by atoms with Gasteiger partial charge in [-0.25, -0.2) is 13.1 Å². The van der Waals surface area contributed by atoms with Crippen LogP contribution >= 0.6 is 0 Å². The Bertz CT molecular complexity index is 568. The molecule has 3 N–H and O–H groups in total. The second-order valence-electron chi connectivity index (χ2n) is 5.09. The molecule has 0 spiro atoms. The van der Waals surface area contributed by atoms with Crippen molar-refractivity contribution >= 4 is 10.0 Å². The number of methoxy groups -OCH3 is 1. The molecule has 1 aromatic rings. The lowest BCUT2D eigenvalue weighted by atomic mass is 10.1. The smallest absolute Gasteiger partial charge is 0.240 e. The minimum absolute atomic E-state index is 0.214. The van der Waals surface area contributed by atoms with Gasteiger partial charge in [-0.15, -0.1) is 0 Å². The van der Waals surface area contributed by atoms with Gasteiger partial charge in [0.15, 0.2) is 0 Å². The molecule has 0 aromatic heterocycles. The molecule has 0 aliphatic carbocycles. The van der Waals surface area contributed by atoms with E-state index in [9.17, 15) is 8.42 Å². The number of benzene rings is 1. The van der Waals surface area contributed by atoms with E-state index in [1.807, 2.05) is 0 Å². The van der Waals surface area contributed by atoms with Crippen LogP contribution in [0.3, 0.4) is 0 Å². The standard InChI is InChI=1S/C14H22N2O4S/c1-19-14-3-2-13(8-12(14)9-15)21(17,18)16-6-4-11-5-7-20-10-11/h2-3,8,11,16H,4-7,9-10,15H2,1H3. The van der Waals surface area contributed by atoms with Gasteiger partial charge in [-0.2, -0.15) is 0 Å². The van der Waals surface area contributed by atoms with Crippen LogP contribution in [0.15, 0.2) is 23.1 Å². The molecule has 1 saturated heterocycles. The van der Waals surface area contributed by atoms with Gasteiger partial charge in [-0.05, 0) is 37.0 Å². The van der Waals surface area contributed by atoms with Gasteiger partial charge < -0.3 is 15.2 Å². The Morgan fingerprint density at radius 1 is 1.48 bits per heavy atom. The fourth-order valence-electron chi connectivity index (χ4n) is 2.37. The van der Waals surface area contributed by atoms with E-state index in [1.165, 1.54) is 13.2 Å². The number of nitrogens with two attached hydrogens (primary N) is 1. The van der Waals surface area contributed by atoms with E-state index in [0.717, 1.165) is 26.1 Å². The van der Waals surface area contributed by atoms with E-state index >= 15 is 0 Å². The van der Waals surface area contributed by atoms with E-state index in [1.54, 1.807) is 12.1 Å². The van der Waals surface area contributed by atoms with Gasteiger partial charge in [0.2, 0.25) is 10.0 Å². The first kappa shape index (κ1) is 16.2. The van der Waals surface area contributed by atoms with Crippen molar-refractivity contribution in [1.29, 1.82) is 0 Å². The van der Waals surface area contributed by atoms with Gasteiger partial charge >= 0.3 is 0 Å². The molecule has 0 bridgehead atoms. The Morgan fingerprint density at radius 3 is 2.90 bits per heavy atom. The van der Waals surface area contributed by atoms with Crippen LogP contribution in [0.5, 0.6) is 5.75 Å². The molecule has 7 heteroatoms. The first-order valence-electron chi connectivity index (χ1n) is 7.01. The number of rotatable bonds is 7. The van der Waals surface area contributed by atoms with Crippen LogP contribution in [0.25, 0.3) is 0 Å². The summed E-state index contributed by atoms with van der Waals surface area (Å²) in [6.45, 7) is 2.14. The molecule has 0 radical (unpaired) electrons. The number of hydrogen-bond acceptors (Lipinski definition) is 5. The molecule has 6 nitrogen and oxygen atoms in total. The van der Waals surface area contributed by atoms with Gasteiger partial charge in [0, 0.05) is 31.9 Å². The number of sulfonamides is 1.